The van der Waals surface area contributed by atoms with Crippen LogP contribution in [0, 0.1) is 11.3 Å². The van der Waals surface area contributed by atoms with Gasteiger partial charge < -0.3 is 9.47 Å². The number of rotatable bonds is 9. The molecular formula is C15H28O4. The number of esters is 2. The molecule has 19 heavy (non-hydrogen) atoms. The minimum atomic E-state index is -0.546. The molecule has 1 atom stereocenters. The molecule has 0 spiro atoms. The second kappa shape index (κ2) is 8.94. The molecule has 0 heterocycles. The third kappa shape index (κ3) is 6.60. The molecule has 0 aliphatic carbocycles. The quantitative estimate of drug-likeness (QED) is 0.477. The third-order valence-electron chi connectivity index (χ3n) is 3.43. The van der Waals surface area contributed by atoms with Crippen molar-refractivity contribution in [2.75, 3.05) is 13.7 Å². The van der Waals surface area contributed by atoms with Crippen LogP contribution in [0.15, 0.2) is 0 Å². The van der Waals surface area contributed by atoms with Crippen LogP contribution in [-0.2, 0) is 19.1 Å². The van der Waals surface area contributed by atoms with Gasteiger partial charge in [-0.25, -0.2) is 0 Å². The minimum Gasteiger partial charge on any atom is -0.469 e. The maximum Gasteiger partial charge on any atom is 0.311 e. The molecule has 0 amide bonds. The van der Waals surface area contributed by atoms with Crippen molar-refractivity contribution in [3.05, 3.63) is 0 Å². The second-order valence-corrected chi connectivity index (χ2v) is 5.54. The van der Waals surface area contributed by atoms with Crippen LogP contribution >= 0.6 is 0 Å². The van der Waals surface area contributed by atoms with E-state index in [2.05, 4.69) is 6.92 Å². The lowest BCUT2D eigenvalue weighted by Gasteiger charge is -2.24. The number of hydrogen-bond donors (Lipinski definition) is 0. The molecule has 0 fully saturated rings. The molecule has 0 saturated carbocycles. The van der Waals surface area contributed by atoms with Gasteiger partial charge in [-0.1, -0.05) is 20.3 Å². The normalized spacial score (nSPS) is 12.9. The molecule has 0 aromatic carbocycles. The SMILES string of the molecule is CCCCOC(=O)C(C)(C)CCC(CC)C(=O)OC. The molecular weight excluding hydrogens is 244 g/mol. The van der Waals surface area contributed by atoms with Crippen LogP contribution in [0.5, 0.6) is 0 Å². The Balaban J connectivity index is 4.26. The number of carbonyl (C=O) groups is 2. The van der Waals surface area contributed by atoms with Crippen molar-refractivity contribution in [3.8, 4) is 0 Å². The van der Waals surface area contributed by atoms with Crippen LogP contribution in [0.1, 0.15) is 59.8 Å². The Morgan fingerprint density at radius 1 is 1.21 bits per heavy atom. The van der Waals surface area contributed by atoms with Gasteiger partial charge in [0.1, 0.15) is 0 Å². The van der Waals surface area contributed by atoms with E-state index >= 15 is 0 Å². The van der Waals surface area contributed by atoms with E-state index in [0.29, 0.717) is 19.4 Å². The van der Waals surface area contributed by atoms with E-state index in [-0.39, 0.29) is 17.9 Å². The molecule has 0 radical (unpaired) electrons. The second-order valence-electron chi connectivity index (χ2n) is 5.54. The van der Waals surface area contributed by atoms with Gasteiger partial charge in [0, 0.05) is 0 Å². The Bertz CT molecular complexity index is 284. The third-order valence-corrected chi connectivity index (χ3v) is 3.43. The summed E-state index contributed by atoms with van der Waals surface area (Å²) in [7, 11) is 1.40. The minimum absolute atomic E-state index is 0.132. The Kier molecular flexibility index (Phi) is 8.44. The highest BCUT2D eigenvalue weighted by molar-refractivity contribution is 5.76. The molecule has 0 aromatic rings. The fourth-order valence-electron chi connectivity index (χ4n) is 1.80. The van der Waals surface area contributed by atoms with Gasteiger partial charge in [0.2, 0.25) is 0 Å². The Morgan fingerprint density at radius 2 is 1.84 bits per heavy atom. The summed E-state index contributed by atoms with van der Waals surface area (Å²) in [4.78, 5) is 23.4. The summed E-state index contributed by atoms with van der Waals surface area (Å²) in [6.07, 6.45) is 3.91. The van der Waals surface area contributed by atoms with E-state index in [9.17, 15) is 9.59 Å². The average Bonchev–Trinajstić information content (AvgIpc) is 2.39. The van der Waals surface area contributed by atoms with Crippen molar-refractivity contribution in [2.45, 2.75) is 59.8 Å². The number of carbonyl (C=O) groups excluding carboxylic acids is 2. The molecule has 0 N–H and O–H groups in total. The molecule has 0 aliphatic rings. The van der Waals surface area contributed by atoms with Gasteiger partial charge in [-0.15, -0.1) is 0 Å². The first kappa shape index (κ1) is 17.9. The number of methoxy groups -OCH3 is 1. The van der Waals surface area contributed by atoms with Gasteiger partial charge in [-0.05, 0) is 39.5 Å². The zero-order valence-corrected chi connectivity index (χ0v) is 13.0. The van der Waals surface area contributed by atoms with Crippen molar-refractivity contribution >= 4 is 11.9 Å². The monoisotopic (exact) mass is 272 g/mol. The first-order chi connectivity index (χ1) is 8.88. The van der Waals surface area contributed by atoms with Crippen molar-refractivity contribution in [2.24, 2.45) is 11.3 Å². The molecule has 0 aromatic heterocycles. The van der Waals surface area contributed by atoms with Crippen molar-refractivity contribution < 1.29 is 19.1 Å². The molecule has 1 unspecified atom stereocenters. The van der Waals surface area contributed by atoms with E-state index in [4.69, 9.17) is 9.47 Å². The first-order valence-electron chi connectivity index (χ1n) is 7.14. The molecule has 0 rings (SSSR count). The Morgan fingerprint density at radius 3 is 2.32 bits per heavy atom. The Hall–Kier alpha value is -1.06. The summed E-state index contributed by atoms with van der Waals surface area (Å²) in [5, 5.41) is 0. The topological polar surface area (TPSA) is 52.6 Å². The number of ether oxygens (including phenoxy) is 2. The molecule has 4 heteroatoms. The summed E-state index contributed by atoms with van der Waals surface area (Å²) in [5.74, 6) is -0.508. The van der Waals surface area contributed by atoms with E-state index in [1.54, 1.807) is 0 Å². The summed E-state index contributed by atoms with van der Waals surface area (Å²) in [6, 6.07) is 0. The predicted molar refractivity (Wildman–Crippen MR) is 74.7 cm³/mol. The van der Waals surface area contributed by atoms with Crippen LogP contribution in [0.2, 0.25) is 0 Å². The largest absolute Gasteiger partial charge is 0.469 e. The smallest absolute Gasteiger partial charge is 0.311 e. The molecule has 0 saturated heterocycles. The number of unbranched alkanes of at least 4 members (excludes halogenated alkanes) is 1. The number of hydrogen-bond acceptors (Lipinski definition) is 4. The highest BCUT2D eigenvalue weighted by Gasteiger charge is 2.31. The van der Waals surface area contributed by atoms with Crippen molar-refractivity contribution in [3.63, 3.8) is 0 Å². The van der Waals surface area contributed by atoms with Gasteiger partial charge in [0.25, 0.3) is 0 Å². The maximum atomic E-state index is 11.9. The zero-order valence-electron chi connectivity index (χ0n) is 13.0. The standard InChI is InChI=1S/C15H28O4/c1-6-8-11-19-14(17)15(3,4)10-9-12(7-2)13(16)18-5/h12H,6-11H2,1-5H3. The lowest BCUT2D eigenvalue weighted by atomic mass is 9.84. The molecule has 0 bridgehead atoms. The summed E-state index contributed by atoms with van der Waals surface area (Å²) >= 11 is 0. The van der Waals surface area contributed by atoms with Gasteiger partial charge >= 0.3 is 11.9 Å². The summed E-state index contributed by atoms with van der Waals surface area (Å²) < 4.78 is 10.00. The lowest BCUT2D eigenvalue weighted by Crippen LogP contribution is -2.28. The fraction of sp³-hybridized carbons (Fsp3) is 0.867. The van der Waals surface area contributed by atoms with Crippen molar-refractivity contribution in [1.29, 1.82) is 0 Å². The highest BCUT2D eigenvalue weighted by Crippen LogP contribution is 2.28. The van der Waals surface area contributed by atoms with E-state index in [1.165, 1.54) is 7.11 Å². The van der Waals surface area contributed by atoms with E-state index in [0.717, 1.165) is 19.3 Å². The van der Waals surface area contributed by atoms with Crippen LogP contribution in [-0.4, -0.2) is 25.7 Å². The van der Waals surface area contributed by atoms with E-state index < -0.39 is 5.41 Å². The highest BCUT2D eigenvalue weighted by atomic mass is 16.5. The predicted octanol–water partition coefficient (Wildman–Crippen LogP) is 3.34. The van der Waals surface area contributed by atoms with Crippen LogP contribution in [0.25, 0.3) is 0 Å². The first-order valence-corrected chi connectivity index (χ1v) is 7.14. The summed E-state index contributed by atoms with van der Waals surface area (Å²) in [6.45, 7) is 8.22. The van der Waals surface area contributed by atoms with Crippen LogP contribution < -0.4 is 0 Å². The van der Waals surface area contributed by atoms with Gasteiger partial charge in [-0.2, -0.15) is 0 Å². The average molecular weight is 272 g/mol. The summed E-state index contributed by atoms with van der Waals surface area (Å²) in [5.41, 5.74) is -0.546. The van der Waals surface area contributed by atoms with Crippen LogP contribution in [0.3, 0.4) is 0 Å². The van der Waals surface area contributed by atoms with Crippen LogP contribution in [0.4, 0.5) is 0 Å². The maximum absolute atomic E-state index is 11.9. The van der Waals surface area contributed by atoms with Gasteiger partial charge in [0.05, 0.1) is 25.0 Å². The fourth-order valence-corrected chi connectivity index (χ4v) is 1.80. The lowest BCUT2D eigenvalue weighted by molar-refractivity contribution is -0.155. The van der Waals surface area contributed by atoms with Gasteiger partial charge in [-0.3, -0.25) is 9.59 Å². The zero-order chi connectivity index (χ0) is 14.9. The van der Waals surface area contributed by atoms with Crippen molar-refractivity contribution in [1.82, 2.24) is 0 Å². The van der Waals surface area contributed by atoms with E-state index in [1.807, 2.05) is 20.8 Å². The Labute approximate surface area is 116 Å². The molecule has 0 aliphatic heterocycles. The van der Waals surface area contributed by atoms with Gasteiger partial charge in [0.15, 0.2) is 0 Å². The molecule has 112 valence electrons. The molecule has 4 nitrogen and oxygen atoms in total.